The molecule has 1 fully saturated rings. The van der Waals surface area contributed by atoms with Gasteiger partial charge in [0.25, 0.3) is 0 Å². The number of hydrogen-bond acceptors (Lipinski definition) is 2. The molecule has 0 spiro atoms. The molecule has 34 heavy (non-hydrogen) atoms. The second-order valence-electron chi connectivity index (χ2n) is 9.87. The summed E-state index contributed by atoms with van der Waals surface area (Å²) in [5.41, 5.74) is 0. The van der Waals surface area contributed by atoms with Crippen LogP contribution in [-0.4, -0.2) is 34.0 Å². The fourth-order valence-corrected chi connectivity index (χ4v) is 4.92. The maximum Gasteiger partial charge on any atom is 0.347 e. The lowest BCUT2D eigenvalue weighted by Gasteiger charge is -2.28. The Labute approximate surface area is 204 Å². The second-order valence-corrected chi connectivity index (χ2v) is 9.87. The Morgan fingerprint density at radius 1 is 0.794 bits per heavy atom. The van der Waals surface area contributed by atoms with Gasteiger partial charge < -0.3 is 10.6 Å². The van der Waals surface area contributed by atoms with Crippen molar-refractivity contribution in [1.82, 2.24) is 19.8 Å². The van der Waals surface area contributed by atoms with E-state index in [9.17, 15) is 9.59 Å². The molecule has 0 aromatic carbocycles. The van der Waals surface area contributed by atoms with Crippen LogP contribution in [0.2, 0.25) is 0 Å². The number of amides is 2. The van der Waals surface area contributed by atoms with Gasteiger partial charge in [0, 0.05) is 13.1 Å². The molecule has 8 nitrogen and oxygen atoms in total. The van der Waals surface area contributed by atoms with E-state index in [0.29, 0.717) is 11.8 Å². The van der Waals surface area contributed by atoms with Gasteiger partial charge in [-0.3, -0.25) is 9.59 Å². The van der Waals surface area contributed by atoms with Crippen molar-refractivity contribution in [3.8, 4) is 0 Å². The SMILES string of the molecule is CCCCn1cc[n+](C)c1C(=O)NCC1CCC(CNC(=O)c2n(CCCC)cc[n+]2C)CC1. The van der Waals surface area contributed by atoms with Gasteiger partial charge in [-0.15, -0.1) is 0 Å². The largest absolute Gasteiger partial charge is 0.347 e. The van der Waals surface area contributed by atoms with E-state index in [1.54, 1.807) is 0 Å². The van der Waals surface area contributed by atoms with Crippen LogP contribution in [0.1, 0.15) is 86.5 Å². The molecule has 188 valence electrons. The molecule has 1 saturated carbocycles. The molecular weight excluding hydrogens is 428 g/mol. The number of carbonyl (C=O) groups is 2. The minimum atomic E-state index is 0.0111. The van der Waals surface area contributed by atoms with Gasteiger partial charge in [0.05, 0.1) is 27.2 Å². The third kappa shape index (κ3) is 6.70. The molecule has 1 aliphatic rings. The van der Waals surface area contributed by atoms with Crippen molar-refractivity contribution in [2.24, 2.45) is 25.9 Å². The molecule has 0 bridgehead atoms. The predicted octanol–water partition coefficient (Wildman–Crippen LogP) is 2.51. The molecule has 2 aromatic rings. The molecule has 0 saturated heterocycles. The Morgan fingerprint density at radius 2 is 1.18 bits per heavy atom. The number of nitrogens with one attached hydrogen (secondary N) is 2. The van der Waals surface area contributed by atoms with E-state index >= 15 is 0 Å². The highest BCUT2D eigenvalue weighted by atomic mass is 16.2. The smallest absolute Gasteiger partial charge is 0.345 e. The molecule has 3 rings (SSSR count). The zero-order valence-electron chi connectivity index (χ0n) is 21.6. The third-order valence-electron chi connectivity index (χ3n) is 7.13. The monoisotopic (exact) mass is 472 g/mol. The Bertz CT molecular complexity index is 863. The van der Waals surface area contributed by atoms with Crippen molar-refractivity contribution in [2.45, 2.75) is 78.3 Å². The molecule has 2 heterocycles. The summed E-state index contributed by atoms with van der Waals surface area (Å²) in [7, 11) is 3.86. The molecule has 2 amide bonds. The van der Waals surface area contributed by atoms with Crippen molar-refractivity contribution in [3.05, 3.63) is 36.4 Å². The van der Waals surface area contributed by atoms with Crippen molar-refractivity contribution >= 4 is 11.8 Å². The molecule has 8 heteroatoms. The van der Waals surface area contributed by atoms with Crippen LogP contribution >= 0.6 is 0 Å². The number of hydrogen-bond donors (Lipinski definition) is 2. The quantitative estimate of drug-likeness (QED) is 0.466. The van der Waals surface area contributed by atoms with Crippen molar-refractivity contribution in [3.63, 3.8) is 0 Å². The first-order chi connectivity index (χ1) is 16.4. The highest BCUT2D eigenvalue weighted by molar-refractivity contribution is 5.89. The topological polar surface area (TPSA) is 75.8 Å². The van der Waals surface area contributed by atoms with E-state index in [-0.39, 0.29) is 11.8 Å². The van der Waals surface area contributed by atoms with Crippen LogP contribution in [0.4, 0.5) is 0 Å². The molecular formula is C26H44N6O2+2. The van der Waals surface area contributed by atoms with Gasteiger partial charge in [-0.2, -0.15) is 0 Å². The van der Waals surface area contributed by atoms with Crippen LogP contribution in [0.25, 0.3) is 0 Å². The van der Waals surface area contributed by atoms with Crippen LogP contribution in [0, 0.1) is 11.8 Å². The van der Waals surface area contributed by atoms with Gasteiger partial charge in [-0.1, -0.05) is 26.7 Å². The minimum absolute atomic E-state index is 0.0111. The molecule has 0 radical (unpaired) electrons. The van der Waals surface area contributed by atoms with Crippen molar-refractivity contribution in [1.29, 1.82) is 0 Å². The first-order valence-electron chi connectivity index (χ1n) is 13.1. The maximum absolute atomic E-state index is 12.8. The van der Waals surface area contributed by atoms with E-state index in [1.165, 1.54) is 0 Å². The van der Waals surface area contributed by atoms with E-state index < -0.39 is 0 Å². The Balaban J connectivity index is 1.42. The summed E-state index contributed by atoms with van der Waals surface area (Å²) in [5, 5.41) is 6.34. The van der Waals surface area contributed by atoms with E-state index in [0.717, 1.165) is 89.2 Å². The summed E-state index contributed by atoms with van der Waals surface area (Å²) in [4.78, 5) is 25.6. The highest BCUT2D eigenvalue weighted by Crippen LogP contribution is 2.28. The number of unbranched alkanes of at least 4 members (excludes halogenated alkanes) is 2. The lowest BCUT2D eigenvalue weighted by Crippen LogP contribution is -2.43. The standard InChI is InChI=1S/C26H42N6O2/c1-5-7-13-31-17-15-29(3)25(31)23(33)27-19-21-9-11-22(12-10-21)20-28-24(34)26-30(4)16-18-32(26)14-8-6-2/h15-18,21-22H,5-14,19-20H2,1-4H3/p+2. The van der Waals surface area contributed by atoms with Crippen LogP contribution in [0.5, 0.6) is 0 Å². The summed E-state index contributed by atoms with van der Waals surface area (Å²) in [6, 6.07) is 0. The van der Waals surface area contributed by atoms with Gasteiger partial charge in [0.1, 0.15) is 24.8 Å². The van der Waals surface area contributed by atoms with Crippen LogP contribution in [0.3, 0.4) is 0 Å². The first-order valence-corrected chi connectivity index (χ1v) is 13.1. The molecule has 0 unspecified atom stereocenters. The number of nitrogens with zero attached hydrogens (tertiary/aromatic N) is 4. The van der Waals surface area contributed by atoms with Gasteiger partial charge in [0.2, 0.25) is 0 Å². The maximum atomic E-state index is 12.8. The second kappa shape index (κ2) is 12.7. The Hall–Kier alpha value is -2.64. The molecule has 2 aromatic heterocycles. The lowest BCUT2D eigenvalue weighted by molar-refractivity contribution is -0.673. The summed E-state index contributed by atoms with van der Waals surface area (Å²) in [6.45, 7) is 7.51. The normalized spacial score (nSPS) is 18.1. The van der Waals surface area contributed by atoms with E-state index in [4.69, 9.17) is 0 Å². The van der Waals surface area contributed by atoms with Crippen molar-refractivity contribution < 1.29 is 18.7 Å². The predicted molar refractivity (Wildman–Crippen MR) is 131 cm³/mol. The number of aromatic nitrogens is 4. The molecule has 1 aliphatic carbocycles. The zero-order chi connectivity index (χ0) is 24.5. The van der Waals surface area contributed by atoms with E-state index in [2.05, 4.69) is 33.6 Å². The summed E-state index contributed by atoms with van der Waals surface area (Å²) in [5.74, 6) is 2.48. The highest BCUT2D eigenvalue weighted by Gasteiger charge is 2.28. The van der Waals surface area contributed by atoms with Crippen molar-refractivity contribution in [2.75, 3.05) is 13.1 Å². The number of imidazole rings is 2. The van der Waals surface area contributed by atoms with E-state index in [1.807, 2.05) is 48.0 Å². The Morgan fingerprint density at radius 3 is 1.53 bits per heavy atom. The minimum Gasteiger partial charge on any atom is -0.345 e. The van der Waals surface area contributed by atoms with Crippen LogP contribution in [-0.2, 0) is 27.2 Å². The fourth-order valence-electron chi connectivity index (χ4n) is 4.92. The fraction of sp³-hybridized carbons (Fsp3) is 0.692. The first kappa shape index (κ1) is 26.0. The number of rotatable bonds is 12. The van der Waals surface area contributed by atoms with Gasteiger partial charge >= 0.3 is 23.5 Å². The number of aryl methyl sites for hydroxylation is 4. The molecule has 2 N–H and O–H groups in total. The zero-order valence-corrected chi connectivity index (χ0v) is 21.6. The number of carbonyl (C=O) groups excluding carboxylic acids is 2. The Kier molecular flexibility index (Phi) is 9.72. The average Bonchev–Trinajstić information content (AvgIpc) is 3.40. The molecule has 0 aliphatic heterocycles. The average molecular weight is 473 g/mol. The summed E-state index contributed by atoms with van der Waals surface area (Å²) in [6.07, 6.45) is 16.6. The summed E-state index contributed by atoms with van der Waals surface area (Å²) < 4.78 is 7.92. The molecule has 0 atom stereocenters. The summed E-state index contributed by atoms with van der Waals surface area (Å²) >= 11 is 0. The third-order valence-corrected chi connectivity index (χ3v) is 7.13. The van der Waals surface area contributed by atoms with Crippen LogP contribution in [0.15, 0.2) is 24.8 Å². The van der Waals surface area contributed by atoms with Gasteiger partial charge in [0.15, 0.2) is 0 Å². The van der Waals surface area contributed by atoms with Gasteiger partial charge in [-0.05, 0) is 50.4 Å². The van der Waals surface area contributed by atoms with Crippen LogP contribution < -0.4 is 19.8 Å². The van der Waals surface area contributed by atoms with Gasteiger partial charge in [-0.25, -0.2) is 18.3 Å². The lowest BCUT2D eigenvalue weighted by atomic mass is 9.82.